The number of pyridine rings is 1. The smallest absolute Gasteiger partial charge is 0.219 e. The van der Waals surface area contributed by atoms with Gasteiger partial charge in [-0.05, 0) is 30.3 Å². The summed E-state index contributed by atoms with van der Waals surface area (Å²) >= 11 is 0. The number of benzene rings is 1. The molecule has 19 heavy (non-hydrogen) atoms. The van der Waals surface area contributed by atoms with Gasteiger partial charge in [-0.2, -0.15) is 0 Å². The molecule has 4 nitrogen and oxygen atoms in total. The summed E-state index contributed by atoms with van der Waals surface area (Å²) in [6.07, 6.45) is 1.73. The van der Waals surface area contributed by atoms with Crippen molar-refractivity contribution in [1.82, 2.24) is 10.3 Å². The van der Waals surface area contributed by atoms with Crippen LogP contribution in [0.3, 0.4) is 0 Å². The zero-order chi connectivity index (χ0) is 12.9. The first-order valence-electron chi connectivity index (χ1n) is 6.56. The Kier molecular flexibility index (Phi) is 3.61. The third kappa shape index (κ3) is 3.03. The first-order valence-corrected chi connectivity index (χ1v) is 6.56. The van der Waals surface area contributed by atoms with Crippen LogP contribution in [0.5, 0.6) is 11.6 Å². The number of hydrogen-bond donors (Lipinski definition) is 1. The normalized spacial score (nSPS) is 15.3. The molecular formula is C15H17N3O. The average Bonchev–Trinajstić information content (AvgIpc) is 2.50. The van der Waals surface area contributed by atoms with E-state index in [4.69, 9.17) is 4.74 Å². The second kappa shape index (κ2) is 5.71. The molecule has 1 aliphatic heterocycles. The highest BCUT2D eigenvalue weighted by molar-refractivity contribution is 5.49. The molecule has 0 radical (unpaired) electrons. The number of nitrogens with one attached hydrogen (secondary N) is 1. The lowest BCUT2D eigenvalue weighted by molar-refractivity contribution is 0.463. The molecule has 1 aromatic carbocycles. The van der Waals surface area contributed by atoms with Gasteiger partial charge in [0.05, 0.1) is 0 Å². The molecule has 4 heteroatoms. The minimum absolute atomic E-state index is 0.623. The Morgan fingerprint density at radius 2 is 1.79 bits per heavy atom. The predicted molar refractivity (Wildman–Crippen MR) is 75.8 cm³/mol. The van der Waals surface area contributed by atoms with Crippen LogP contribution < -0.4 is 15.0 Å². The van der Waals surface area contributed by atoms with E-state index < -0.39 is 0 Å². The van der Waals surface area contributed by atoms with Gasteiger partial charge in [-0.25, -0.2) is 4.98 Å². The number of piperazine rings is 1. The highest BCUT2D eigenvalue weighted by atomic mass is 16.5. The van der Waals surface area contributed by atoms with Crippen molar-refractivity contribution in [2.75, 3.05) is 31.1 Å². The van der Waals surface area contributed by atoms with Gasteiger partial charge in [0.25, 0.3) is 0 Å². The fourth-order valence-electron chi connectivity index (χ4n) is 2.18. The van der Waals surface area contributed by atoms with Crippen LogP contribution in [0.1, 0.15) is 0 Å². The lowest BCUT2D eigenvalue weighted by atomic mass is 10.2. The zero-order valence-corrected chi connectivity index (χ0v) is 10.7. The molecule has 98 valence electrons. The summed E-state index contributed by atoms with van der Waals surface area (Å²) < 4.78 is 5.68. The summed E-state index contributed by atoms with van der Waals surface area (Å²) in [5.41, 5.74) is 1.25. The van der Waals surface area contributed by atoms with Crippen LogP contribution in [0.2, 0.25) is 0 Å². The highest BCUT2D eigenvalue weighted by Gasteiger charge is 2.10. The second-order valence-corrected chi connectivity index (χ2v) is 4.50. The Morgan fingerprint density at radius 1 is 1.00 bits per heavy atom. The minimum Gasteiger partial charge on any atom is -0.439 e. The maximum Gasteiger partial charge on any atom is 0.219 e. The Morgan fingerprint density at radius 3 is 2.47 bits per heavy atom. The summed E-state index contributed by atoms with van der Waals surface area (Å²) in [4.78, 5) is 6.52. The predicted octanol–water partition coefficient (Wildman–Crippen LogP) is 2.28. The largest absolute Gasteiger partial charge is 0.439 e. The van der Waals surface area contributed by atoms with E-state index in [2.05, 4.69) is 27.3 Å². The lowest BCUT2D eigenvalue weighted by Crippen LogP contribution is -2.43. The quantitative estimate of drug-likeness (QED) is 0.913. The van der Waals surface area contributed by atoms with E-state index in [1.54, 1.807) is 6.20 Å². The minimum atomic E-state index is 0.623. The third-order valence-corrected chi connectivity index (χ3v) is 3.18. The van der Waals surface area contributed by atoms with Gasteiger partial charge < -0.3 is 15.0 Å². The molecule has 0 amide bonds. The van der Waals surface area contributed by atoms with Crippen molar-refractivity contribution in [2.24, 2.45) is 0 Å². The van der Waals surface area contributed by atoms with E-state index in [0.29, 0.717) is 5.88 Å². The SMILES string of the molecule is c1ccc(Oc2ccc(N3CCNCC3)cc2)nc1. The van der Waals surface area contributed by atoms with E-state index in [-0.39, 0.29) is 0 Å². The molecule has 1 fully saturated rings. The molecule has 1 saturated heterocycles. The molecule has 0 aliphatic carbocycles. The van der Waals surface area contributed by atoms with Crippen molar-refractivity contribution in [2.45, 2.75) is 0 Å². The Bertz CT molecular complexity index is 507. The number of aromatic nitrogens is 1. The molecular weight excluding hydrogens is 238 g/mol. The van der Waals surface area contributed by atoms with Gasteiger partial charge in [-0.1, -0.05) is 6.07 Å². The van der Waals surface area contributed by atoms with Crippen molar-refractivity contribution in [3.63, 3.8) is 0 Å². The first-order chi connectivity index (χ1) is 9.42. The summed E-state index contributed by atoms with van der Waals surface area (Å²) in [7, 11) is 0. The molecule has 2 heterocycles. The monoisotopic (exact) mass is 255 g/mol. The van der Waals surface area contributed by atoms with Crippen LogP contribution in [-0.4, -0.2) is 31.2 Å². The first kappa shape index (κ1) is 12.0. The van der Waals surface area contributed by atoms with Crippen molar-refractivity contribution in [3.05, 3.63) is 48.7 Å². The van der Waals surface area contributed by atoms with Gasteiger partial charge in [0.2, 0.25) is 5.88 Å². The van der Waals surface area contributed by atoms with Crippen LogP contribution >= 0.6 is 0 Å². The fraction of sp³-hybridized carbons (Fsp3) is 0.267. The van der Waals surface area contributed by atoms with E-state index >= 15 is 0 Å². The number of hydrogen-bond acceptors (Lipinski definition) is 4. The third-order valence-electron chi connectivity index (χ3n) is 3.18. The average molecular weight is 255 g/mol. The summed E-state index contributed by atoms with van der Waals surface area (Å²) in [6, 6.07) is 13.8. The molecule has 1 aromatic heterocycles. The Labute approximate surface area is 113 Å². The number of rotatable bonds is 3. The number of ether oxygens (including phenoxy) is 1. The van der Waals surface area contributed by atoms with Crippen LogP contribution in [0.25, 0.3) is 0 Å². The van der Waals surface area contributed by atoms with Crippen molar-refractivity contribution in [3.8, 4) is 11.6 Å². The van der Waals surface area contributed by atoms with E-state index in [0.717, 1.165) is 31.9 Å². The van der Waals surface area contributed by atoms with E-state index in [1.165, 1.54) is 5.69 Å². The van der Waals surface area contributed by atoms with Crippen LogP contribution in [-0.2, 0) is 0 Å². The van der Waals surface area contributed by atoms with Gasteiger partial charge in [0, 0.05) is 44.1 Å². The molecule has 0 saturated carbocycles. The maximum absolute atomic E-state index is 5.68. The highest BCUT2D eigenvalue weighted by Crippen LogP contribution is 2.23. The second-order valence-electron chi connectivity index (χ2n) is 4.50. The summed E-state index contributed by atoms with van der Waals surface area (Å²) in [5, 5.41) is 3.35. The van der Waals surface area contributed by atoms with Gasteiger partial charge >= 0.3 is 0 Å². The van der Waals surface area contributed by atoms with Gasteiger partial charge in [-0.3, -0.25) is 0 Å². The fourth-order valence-corrected chi connectivity index (χ4v) is 2.18. The number of anilines is 1. The Balaban J connectivity index is 1.68. The number of nitrogens with zero attached hydrogens (tertiary/aromatic N) is 2. The van der Waals surface area contributed by atoms with E-state index in [9.17, 15) is 0 Å². The Hall–Kier alpha value is -2.07. The van der Waals surface area contributed by atoms with Crippen molar-refractivity contribution >= 4 is 5.69 Å². The van der Waals surface area contributed by atoms with Gasteiger partial charge in [0.15, 0.2) is 0 Å². The molecule has 0 unspecified atom stereocenters. The molecule has 2 aromatic rings. The molecule has 0 spiro atoms. The molecule has 1 N–H and O–H groups in total. The van der Waals surface area contributed by atoms with E-state index in [1.807, 2.05) is 30.3 Å². The lowest BCUT2D eigenvalue weighted by Gasteiger charge is -2.29. The molecule has 1 aliphatic rings. The van der Waals surface area contributed by atoms with Crippen LogP contribution in [0, 0.1) is 0 Å². The topological polar surface area (TPSA) is 37.4 Å². The molecule has 0 atom stereocenters. The maximum atomic E-state index is 5.68. The van der Waals surface area contributed by atoms with Gasteiger partial charge in [0.1, 0.15) is 5.75 Å². The van der Waals surface area contributed by atoms with Gasteiger partial charge in [-0.15, -0.1) is 0 Å². The van der Waals surface area contributed by atoms with Crippen LogP contribution in [0.4, 0.5) is 5.69 Å². The van der Waals surface area contributed by atoms with Crippen molar-refractivity contribution in [1.29, 1.82) is 0 Å². The summed E-state index contributed by atoms with van der Waals surface area (Å²) in [5.74, 6) is 1.44. The van der Waals surface area contributed by atoms with Crippen LogP contribution in [0.15, 0.2) is 48.7 Å². The molecule has 3 rings (SSSR count). The zero-order valence-electron chi connectivity index (χ0n) is 10.7. The summed E-state index contributed by atoms with van der Waals surface area (Å²) in [6.45, 7) is 4.21. The standard InChI is InChI=1S/C15H17N3O/c1-2-8-17-15(3-1)19-14-6-4-13(5-7-14)18-11-9-16-10-12-18/h1-8,16H,9-12H2. The van der Waals surface area contributed by atoms with Crippen molar-refractivity contribution < 1.29 is 4.74 Å². The molecule has 0 bridgehead atoms.